The van der Waals surface area contributed by atoms with Gasteiger partial charge in [-0.1, -0.05) is 18.2 Å². The Labute approximate surface area is 274 Å². The molecule has 0 aliphatic rings. The van der Waals surface area contributed by atoms with Crippen molar-refractivity contribution in [2.75, 3.05) is 0 Å². The first-order chi connectivity index (χ1) is 24.1. The SMILES string of the molecule is Fc1c(F)c(F)c([B-](c2c(F)c(F)c(F)c(F)c2F)(c2c(F)c(F)c(F)c(F)c2F)c2c(F)c(F)c(F)c(F)c2F)c(F)c1F.[NH3+]c1ccccc1. The van der Waals surface area contributed by atoms with Gasteiger partial charge in [0, 0.05) is 0 Å². The zero-order valence-corrected chi connectivity index (χ0v) is 24.2. The highest BCUT2D eigenvalue weighted by atomic mass is 19.2. The lowest BCUT2D eigenvalue weighted by atomic mass is 9.12. The van der Waals surface area contributed by atoms with Gasteiger partial charge in [0.05, 0.1) is 0 Å². The largest absolute Gasteiger partial charge is 0.325 e. The molecule has 0 saturated carbocycles. The molecule has 0 fully saturated rings. The molecule has 0 bridgehead atoms. The van der Waals surface area contributed by atoms with E-state index >= 15 is 35.1 Å². The first kappa shape index (κ1) is 39.5. The first-order valence-corrected chi connectivity index (χ1v) is 13.2. The van der Waals surface area contributed by atoms with Crippen LogP contribution >= 0.6 is 0 Å². The third-order valence-corrected chi connectivity index (χ3v) is 7.55. The van der Waals surface area contributed by atoms with Gasteiger partial charge in [-0.05, 0) is 12.1 Å². The van der Waals surface area contributed by atoms with Crippen LogP contribution in [0.2, 0.25) is 0 Å². The van der Waals surface area contributed by atoms with Gasteiger partial charge in [-0.15, -0.1) is 21.9 Å². The lowest BCUT2D eigenvalue weighted by Gasteiger charge is -2.44. The molecule has 3 N–H and O–H groups in total. The number of hydrogen-bond donors (Lipinski definition) is 1. The number of quaternary nitrogens is 1. The molecule has 5 aromatic rings. The summed E-state index contributed by atoms with van der Waals surface area (Å²) >= 11 is 0. The Hall–Kier alpha value is -5.28. The number of benzene rings is 5. The summed E-state index contributed by atoms with van der Waals surface area (Å²) in [4.78, 5) is 0. The standard InChI is InChI=1S/C24BF20.C6H7N/c26-5-1(6(27)14(35)21(42)13(5)34)25(2-7(28)15(36)22(43)16(37)8(2)29,3-9(30)17(38)23(44)18(39)10(3)31)4-11(32)19(40)24(45)20(41)12(4)33;7-6-4-2-1-3-5-6/h;1-5H,7H2/q-1;/p+1. The fraction of sp³-hybridized carbons (Fsp3) is 0. The molecule has 0 unspecified atom stereocenters. The van der Waals surface area contributed by atoms with E-state index in [1.54, 1.807) is 0 Å². The molecular weight excluding hydrogens is 765 g/mol. The summed E-state index contributed by atoms with van der Waals surface area (Å²) in [6, 6.07) is 9.87. The quantitative estimate of drug-likeness (QED) is 0.0949. The van der Waals surface area contributed by atoms with Crippen molar-refractivity contribution >= 4 is 33.7 Å². The van der Waals surface area contributed by atoms with Crippen LogP contribution in [0.4, 0.5) is 93.5 Å². The summed E-state index contributed by atoms with van der Waals surface area (Å²) < 4.78 is 294. The monoisotopic (exact) mass is 773 g/mol. The third kappa shape index (κ3) is 5.68. The van der Waals surface area contributed by atoms with Crippen LogP contribution in [0.15, 0.2) is 30.3 Å². The van der Waals surface area contributed by atoms with Crippen molar-refractivity contribution in [3.05, 3.63) is 147 Å². The van der Waals surface area contributed by atoms with Crippen molar-refractivity contribution in [2.45, 2.75) is 0 Å². The van der Waals surface area contributed by atoms with Gasteiger partial charge in [-0.25, -0.2) is 87.8 Å². The van der Waals surface area contributed by atoms with Crippen molar-refractivity contribution in [2.24, 2.45) is 0 Å². The minimum absolute atomic E-state index is 1.07. The van der Waals surface area contributed by atoms with Crippen molar-refractivity contribution in [1.29, 1.82) is 0 Å². The molecule has 5 aromatic carbocycles. The maximum Gasteiger partial charge on any atom is 0.200 e. The Morgan fingerprint density at radius 1 is 0.250 bits per heavy atom. The van der Waals surface area contributed by atoms with Gasteiger partial charge in [-0.3, -0.25) is 0 Å². The maximum absolute atomic E-state index is 15.4. The molecule has 276 valence electrons. The summed E-state index contributed by atoms with van der Waals surface area (Å²) in [7, 11) is 0. The normalized spacial score (nSPS) is 11.6. The summed E-state index contributed by atoms with van der Waals surface area (Å²) in [5, 5.41) is 0. The van der Waals surface area contributed by atoms with Crippen LogP contribution in [-0.2, 0) is 0 Å². The second kappa shape index (κ2) is 14.0. The van der Waals surface area contributed by atoms with Crippen molar-refractivity contribution < 1.29 is 93.5 Å². The molecule has 1 nitrogen and oxygen atoms in total. The summed E-state index contributed by atoms with van der Waals surface area (Å²) in [6.07, 6.45) is -7.22. The van der Waals surface area contributed by atoms with Crippen LogP contribution in [0.1, 0.15) is 0 Å². The Balaban J connectivity index is 0.000000771. The number of hydrogen-bond acceptors (Lipinski definition) is 0. The van der Waals surface area contributed by atoms with E-state index in [0.717, 1.165) is 5.69 Å². The van der Waals surface area contributed by atoms with Gasteiger partial charge in [-0.2, -0.15) is 0 Å². The van der Waals surface area contributed by atoms with Crippen molar-refractivity contribution in [3.63, 3.8) is 0 Å². The topological polar surface area (TPSA) is 27.6 Å². The fourth-order valence-electron chi connectivity index (χ4n) is 5.35. The average Bonchev–Trinajstić information content (AvgIpc) is 3.12. The van der Waals surface area contributed by atoms with E-state index in [1.165, 1.54) is 0 Å². The summed E-state index contributed by atoms with van der Waals surface area (Å²) in [6.45, 7) is 0. The van der Waals surface area contributed by atoms with Gasteiger partial charge in [0.15, 0.2) is 69.8 Å². The van der Waals surface area contributed by atoms with Crippen LogP contribution in [0.5, 0.6) is 0 Å². The van der Waals surface area contributed by atoms with Crippen LogP contribution < -0.4 is 27.6 Å². The number of halogens is 20. The van der Waals surface area contributed by atoms with E-state index in [0.29, 0.717) is 0 Å². The molecule has 5 rings (SSSR count). The Kier molecular flexibility index (Phi) is 10.7. The molecule has 0 heterocycles. The van der Waals surface area contributed by atoms with Crippen LogP contribution in [0, 0.1) is 116 Å². The first-order valence-electron chi connectivity index (χ1n) is 13.2. The minimum atomic E-state index is -7.22. The highest BCUT2D eigenvalue weighted by molar-refractivity contribution is 7.20. The van der Waals surface area contributed by atoms with Gasteiger partial charge in [0.25, 0.3) is 0 Å². The molecule has 22 heteroatoms. The summed E-state index contributed by atoms with van der Waals surface area (Å²) in [5.74, 6) is -71.4. The summed E-state index contributed by atoms with van der Waals surface area (Å²) in [5.41, 5.74) is -9.54. The Morgan fingerprint density at radius 2 is 0.404 bits per heavy atom. The van der Waals surface area contributed by atoms with Gasteiger partial charge >= 0.3 is 0 Å². The highest BCUT2D eigenvalue weighted by Gasteiger charge is 2.52. The molecule has 0 amide bonds. The maximum atomic E-state index is 15.4. The zero-order chi connectivity index (χ0) is 39.5. The van der Waals surface area contributed by atoms with Gasteiger partial charge in [0.2, 0.25) is 0 Å². The predicted molar refractivity (Wildman–Crippen MR) is 138 cm³/mol. The fourth-order valence-corrected chi connectivity index (χ4v) is 5.35. The predicted octanol–water partition coefficient (Wildman–Crippen LogP) is 6.41. The molecule has 0 saturated heterocycles. The molecule has 0 spiro atoms. The van der Waals surface area contributed by atoms with E-state index in [9.17, 15) is 52.7 Å². The zero-order valence-electron chi connectivity index (χ0n) is 24.2. The second-order valence-corrected chi connectivity index (χ2v) is 10.3. The lowest BCUT2D eigenvalue weighted by molar-refractivity contribution is -0.254. The van der Waals surface area contributed by atoms with Crippen LogP contribution in [0.3, 0.4) is 0 Å². The second-order valence-electron chi connectivity index (χ2n) is 10.3. The van der Waals surface area contributed by atoms with E-state index in [-0.39, 0.29) is 0 Å². The lowest BCUT2D eigenvalue weighted by Crippen LogP contribution is -2.81. The third-order valence-electron chi connectivity index (χ3n) is 7.55. The number of rotatable bonds is 4. The minimum Gasteiger partial charge on any atom is -0.325 e. The van der Waals surface area contributed by atoms with Crippen molar-refractivity contribution in [3.8, 4) is 0 Å². The molecule has 0 radical (unpaired) electrons. The van der Waals surface area contributed by atoms with E-state index in [2.05, 4.69) is 5.73 Å². The average molecular weight is 773 g/mol. The van der Waals surface area contributed by atoms with Crippen LogP contribution in [-0.4, -0.2) is 6.15 Å². The molecule has 52 heavy (non-hydrogen) atoms. The Bertz CT molecular complexity index is 1880. The van der Waals surface area contributed by atoms with E-state index in [4.69, 9.17) is 0 Å². The smallest absolute Gasteiger partial charge is 0.200 e. The highest BCUT2D eigenvalue weighted by Crippen LogP contribution is 2.30. The van der Waals surface area contributed by atoms with Gasteiger partial charge in [0.1, 0.15) is 58.4 Å². The van der Waals surface area contributed by atoms with Gasteiger partial charge < -0.3 is 5.73 Å². The molecular formula is C30H8BF20N. The van der Waals surface area contributed by atoms with Crippen molar-refractivity contribution in [1.82, 2.24) is 0 Å². The van der Waals surface area contributed by atoms with Crippen LogP contribution in [0.25, 0.3) is 0 Å². The molecule has 0 aromatic heterocycles. The molecule has 0 aliphatic heterocycles. The molecule has 0 aliphatic carbocycles. The molecule has 0 atom stereocenters. The van der Waals surface area contributed by atoms with E-state index < -0.39 is 144 Å². The van der Waals surface area contributed by atoms with E-state index in [1.807, 2.05) is 30.3 Å². The Morgan fingerprint density at radius 3 is 0.538 bits per heavy atom.